The molecule has 1 rings (SSSR count). The van der Waals surface area contributed by atoms with E-state index in [2.05, 4.69) is 0 Å². The molecule has 0 heterocycles. The minimum Gasteiger partial charge on any atom is -0.189 e. The minimum atomic E-state index is -5.18. The highest BCUT2D eigenvalue weighted by atomic mass is 35.5. The van der Waals surface area contributed by atoms with Gasteiger partial charge in [0.25, 0.3) is 0 Å². The zero-order valence-corrected chi connectivity index (χ0v) is 9.20. The van der Waals surface area contributed by atoms with Crippen molar-refractivity contribution in [3.05, 3.63) is 23.2 Å². The fraction of sp³-hybridized carbons (Fsp3) is 0. The van der Waals surface area contributed by atoms with Crippen LogP contribution in [-0.4, -0.2) is 16.8 Å². The van der Waals surface area contributed by atoms with Gasteiger partial charge in [0.15, 0.2) is 0 Å². The van der Waals surface area contributed by atoms with E-state index in [1.807, 2.05) is 0 Å². The summed E-state index contributed by atoms with van der Waals surface area (Å²) in [5.41, 5.74) is 0. The summed E-state index contributed by atoms with van der Waals surface area (Å²) < 4.78 is 66.7. The van der Waals surface area contributed by atoms with Gasteiger partial charge in [-0.3, -0.25) is 0 Å². The first-order valence-electron chi connectivity index (χ1n) is 3.31. The van der Waals surface area contributed by atoms with E-state index in [0.29, 0.717) is 6.07 Å². The molecule has 0 amide bonds. The summed E-state index contributed by atoms with van der Waals surface area (Å²) in [5.74, 6) is 0. The number of hydrogen-bond acceptors (Lipinski definition) is 4. The van der Waals surface area contributed by atoms with Gasteiger partial charge in [0.05, 0.1) is 9.92 Å². The molecule has 0 atom stereocenters. The summed E-state index contributed by atoms with van der Waals surface area (Å²) in [6, 6.07) is 1.82. The zero-order valence-electron chi connectivity index (χ0n) is 6.82. The molecule has 0 aromatic heterocycles. The van der Waals surface area contributed by atoms with E-state index < -0.39 is 35.3 Å². The van der Waals surface area contributed by atoms with Crippen LogP contribution in [0.2, 0.25) is 5.02 Å². The first-order valence-corrected chi connectivity index (χ1v) is 6.46. The second kappa shape index (κ2) is 3.69. The van der Waals surface area contributed by atoms with Crippen molar-refractivity contribution in [3.8, 4) is 0 Å². The summed E-state index contributed by atoms with van der Waals surface area (Å²) in [6.45, 7) is 0. The predicted octanol–water partition coefficient (Wildman–Crippen LogP) is 1.66. The van der Waals surface area contributed by atoms with Crippen molar-refractivity contribution in [2.45, 2.75) is 9.79 Å². The van der Waals surface area contributed by atoms with Crippen molar-refractivity contribution in [1.82, 2.24) is 0 Å². The number of rotatable bonds is 2. The van der Waals surface area contributed by atoms with Crippen LogP contribution in [0.3, 0.4) is 0 Å². The largest absolute Gasteiger partial charge is 0.333 e. The van der Waals surface area contributed by atoms with E-state index in [1.54, 1.807) is 0 Å². The molecule has 1 aromatic rings. The molecule has 0 bridgehead atoms. The lowest BCUT2D eigenvalue weighted by molar-refractivity contribution is 0.550. The van der Waals surface area contributed by atoms with Gasteiger partial charge in [0.1, 0.15) is 4.90 Å². The Labute approximate surface area is 89.9 Å². The molecule has 0 aliphatic heterocycles. The van der Waals surface area contributed by atoms with Gasteiger partial charge < -0.3 is 0 Å². The monoisotopic (exact) mass is 276 g/mol. The molecule has 0 saturated carbocycles. The van der Waals surface area contributed by atoms with Crippen LogP contribution in [0.4, 0.5) is 7.77 Å². The van der Waals surface area contributed by atoms with Gasteiger partial charge in [-0.25, -0.2) is 0 Å². The summed E-state index contributed by atoms with van der Waals surface area (Å²) in [4.78, 5) is -2.05. The molecule has 4 nitrogen and oxygen atoms in total. The fourth-order valence-electron chi connectivity index (χ4n) is 0.822. The van der Waals surface area contributed by atoms with E-state index >= 15 is 0 Å². The molecule has 0 N–H and O–H groups in total. The maximum atomic E-state index is 12.5. The summed E-state index contributed by atoms with van der Waals surface area (Å²) >= 11 is 5.29. The van der Waals surface area contributed by atoms with Crippen LogP contribution in [0, 0.1) is 0 Å². The highest BCUT2D eigenvalue weighted by Gasteiger charge is 2.21. The lowest BCUT2D eigenvalue weighted by Gasteiger charge is -2.00. The number of hydrogen-bond donors (Lipinski definition) is 0. The Morgan fingerprint density at radius 3 is 1.93 bits per heavy atom. The lowest BCUT2D eigenvalue weighted by atomic mass is 10.4. The average Bonchev–Trinajstić information content (AvgIpc) is 2.00. The SMILES string of the molecule is O=S(=O)(F)c1ccc(Cl)c(S(=O)(=O)F)c1. The van der Waals surface area contributed by atoms with Crippen LogP contribution < -0.4 is 0 Å². The molecule has 0 radical (unpaired) electrons. The molecular weight excluding hydrogens is 274 g/mol. The lowest BCUT2D eigenvalue weighted by Crippen LogP contribution is -1.98. The Hall–Kier alpha value is -0.730. The molecule has 0 fully saturated rings. The van der Waals surface area contributed by atoms with Crippen LogP contribution in [0.1, 0.15) is 0 Å². The molecule has 0 spiro atoms. The smallest absolute Gasteiger partial charge is 0.189 e. The molecule has 0 unspecified atom stereocenters. The van der Waals surface area contributed by atoms with Crippen LogP contribution in [-0.2, 0) is 20.4 Å². The van der Waals surface area contributed by atoms with E-state index in [0.717, 1.165) is 12.1 Å². The highest BCUT2D eigenvalue weighted by molar-refractivity contribution is 7.87. The molecule has 0 aliphatic rings. The van der Waals surface area contributed by atoms with E-state index in [4.69, 9.17) is 11.6 Å². The molecule has 84 valence electrons. The van der Waals surface area contributed by atoms with Crippen molar-refractivity contribution in [2.24, 2.45) is 0 Å². The maximum absolute atomic E-state index is 12.5. The van der Waals surface area contributed by atoms with E-state index in [1.165, 1.54) is 0 Å². The van der Waals surface area contributed by atoms with Crippen molar-refractivity contribution >= 4 is 32.0 Å². The quantitative estimate of drug-likeness (QED) is 0.770. The second-order valence-corrected chi connectivity index (χ2v) is 5.54. The Morgan fingerprint density at radius 2 is 1.53 bits per heavy atom. The van der Waals surface area contributed by atoms with Gasteiger partial charge in [-0.2, -0.15) is 16.8 Å². The Kier molecular flexibility index (Phi) is 3.04. The standard InChI is InChI=1S/C6H3ClF2O4S2/c7-5-2-1-4(14(8,10)11)3-6(5)15(9,12)13/h1-3H. The third kappa shape index (κ3) is 2.86. The third-order valence-corrected chi connectivity index (χ3v) is 3.57. The van der Waals surface area contributed by atoms with Gasteiger partial charge in [-0.1, -0.05) is 11.6 Å². The number of halogens is 3. The van der Waals surface area contributed by atoms with Crippen LogP contribution in [0.25, 0.3) is 0 Å². The van der Waals surface area contributed by atoms with Gasteiger partial charge >= 0.3 is 20.4 Å². The van der Waals surface area contributed by atoms with Crippen molar-refractivity contribution in [2.75, 3.05) is 0 Å². The van der Waals surface area contributed by atoms with Gasteiger partial charge in [0, 0.05) is 0 Å². The van der Waals surface area contributed by atoms with Gasteiger partial charge in [-0.15, -0.1) is 7.77 Å². The Morgan fingerprint density at radius 1 is 1.00 bits per heavy atom. The first-order chi connectivity index (χ1) is 6.62. The van der Waals surface area contributed by atoms with Crippen LogP contribution in [0.15, 0.2) is 28.0 Å². The van der Waals surface area contributed by atoms with Crippen LogP contribution in [0.5, 0.6) is 0 Å². The van der Waals surface area contributed by atoms with Crippen LogP contribution >= 0.6 is 11.6 Å². The molecule has 9 heteroatoms. The highest BCUT2D eigenvalue weighted by Crippen LogP contribution is 2.26. The van der Waals surface area contributed by atoms with Crippen molar-refractivity contribution in [3.63, 3.8) is 0 Å². The van der Waals surface area contributed by atoms with Crippen molar-refractivity contribution < 1.29 is 24.6 Å². The Balaban J connectivity index is 3.57. The zero-order chi connectivity index (χ0) is 11.9. The van der Waals surface area contributed by atoms with Gasteiger partial charge in [-0.05, 0) is 18.2 Å². The summed E-state index contributed by atoms with van der Waals surface area (Å²) in [5, 5.41) is -0.523. The van der Waals surface area contributed by atoms with Crippen molar-refractivity contribution in [1.29, 1.82) is 0 Å². The normalized spacial score (nSPS) is 12.7. The molecular formula is C6H3ClF2O4S2. The van der Waals surface area contributed by atoms with E-state index in [9.17, 15) is 24.6 Å². The Bertz CT molecular complexity index is 594. The fourth-order valence-corrected chi connectivity index (χ4v) is 2.35. The summed E-state index contributed by atoms with van der Waals surface area (Å²) in [7, 11) is -10.3. The molecule has 15 heavy (non-hydrogen) atoms. The van der Waals surface area contributed by atoms with Gasteiger partial charge in [0.2, 0.25) is 0 Å². The molecule has 0 aliphatic carbocycles. The second-order valence-electron chi connectivity index (χ2n) is 2.47. The molecule has 1 aromatic carbocycles. The minimum absolute atomic E-state index is 0.312. The van der Waals surface area contributed by atoms with E-state index in [-0.39, 0.29) is 0 Å². The maximum Gasteiger partial charge on any atom is 0.333 e. The first kappa shape index (κ1) is 12.3. The number of benzene rings is 1. The molecule has 0 saturated heterocycles. The third-order valence-electron chi connectivity index (χ3n) is 1.45. The average molecular weight is 277 g/mol. The summed E-state index contributed by atoms with van der Waals surface area (Å²) in [6.07, 6.45) is 0. The predicted molar refractivity (Wildman–Crippen MR) is 48.0 cm³/mol. The topological polar surface area (TPSA) is 68.3 Å².